The standard InChI is InChI=1S/C11H18N4OS/c1-5-8(6-16-4)15-10-9(12-11(15)17)7(2)13-14(10)3/h8H,5-6H2,1-4H3,(H,12,17). The highest BCUT2D eigenvalue weighted by atomic mass is 32.1. The molecule has 1 atom stereocenters. The largest absolute Gasteiger partial charge is 0.383 e. The number of hydrogen-bond acceptors (Lipinski definition) is 3. The molecule has 1 unspecified atom stereocenters. The number of aromatic amines is 1. The highest BCUT2D eigenvalue weighted by Gasteiger charge is 2.18. The number of aromatic nitrogens is 4. The van der Waals surface area contributed by atoms with Crippen LogP contribution in [-0.4, -0.2) is 33.0 Å². The number of nitrogens with one attached hydrogen (secondary N) is 1. The molecule has 0 aliphatic carbocycles. The zero-order chi connectivity index (χ0) is 12.6. The van der Waals surface area contributed by atoms with Crippen molar-refractivity contribution < 1.29 is 4.74 Å². The fourth-order valence-electron chi connectivity index (χ4n) is 2.24. The molecular formula is C11H18N4OS. The van der Waals surface area contributed by atoms with Crippen molar-refractivity contribution in [2.24, 2.45) is 7.05 Å². The lowest BCUT2D eigenvalue weighted by Crippen LogP contribution is -2.15. The highest BCUT2D eigenvalue weighted by Crippen LogP contribution is 2.23. The zero-order valence-corrected chi connectivity index (χ0v) is 11.5. The number of methoxy groups -OCH3 is 1. The van der Waals surface area contributed by atoms with Gasteiger partial charge in [-0.3, -0.25) is 9.25 Å². The summed E-state index contributed by atoms with van der Waals surface area (Å²) in [6.45, 7) is 4.77. The Hall–Kier alpha value is -1.14. The summed E-state index contributed by atoms with van der Waals surface area (Å²) >= 11 is 5.39. The maximum atomic E-state index is 5.39. The molecule has 0 aromatic carbocycles. The molecule has 2 aromatic heterocycles. The molecule has 0 amide bonds. The molecule has 0 saturated carbocycles. The number of fused-ring (bicyclic) bond motifs is 1. The minimum Gasteiger partial charge on any atom is -0.383 e. The molecule has 0 saturated heterocycles. The molecule has 0 aliphatic rings. The van der Waals surface area contributed by atoms with Crippen LogP contribution in [0.5, 0.6) is 0 Å². The van der Waals surface area contributed by atoms with Crippen LogP contribution in [-0.2, 0) is 11.8 Å². The van der Waals surface area contributed by atoms with Crippen LogP contribution in [0.3, 0.4) is 0 Å². The van der Waals surface area contributed by atoms with Gasteiger partial charge in [0.25, 0.3) is 0 Å². The third-order valence-corrected chi connectivity index (χ3v) is 3.37. The van der Waals surface area contributed by atoms with E-state index in [4.69, 9.17) is 17.0 Å². The lowest BCUT2D eigenvalue weighted by molar-refractivity contribution is 0.153. The first-order chi connectivity index (χ1) is 8.10. The number of imidazole rings is 1. The van der Waals surface area contributed by atoms with Crippen LogP contribution in [0.15, 0.2) is 0 Å². The van der Waals surface area contributed by atoms with Gasteiger partial charge in [-0.05, 0) is 25.6 Å². The summed E-state index contributed by atoms with van der Waals surface area (Å²) in [6.07, 6.45) is 0.972. The van der Waals surface area contributed by atoms with E-state index >= 15 is 0 Å². The van der Waals surface area contributed by atoms with Gasteiger partial charge in [0.1, 0.15) is 5.52 Å². The lowest BCUT2D eigenvalue weighted by atomic mass is 10.2. The second-order valence-electron chi connectivity index (χ2n) is 4.23. The summed E-state index contributed by atoms with van der Waals surface area (Å²) in [7, 11) is 3.65. The van der Waals surface area contributed by atoms with Gasteiger partial charge >= 0.3 is 0 Å². The fraction of sp³-hybridized carbons (Fsp3) is 0.636. The van der Waals surface area contributed by atoms with Crippen LogP contribution in [0.4, 0.5) is 0 Å². The lowest BCUT2D eigenvalue weighted by Gasteiger charge is -2.16. The van der Waals surface area contributed by atoms with Gasteiger partial charge in [-0.15, -0.1) is 0 Å². The number of nitrogens with zero attached hydrogens (tertiary/aromatic N) is 3. The Bertz CT molecular complexity index is 580. The van der Waals surface area contributed by atoms with E-state index in [2.05, 4.69) is 21.6 Å². The topological polar surface area (TPSA) is 47.8 Å². The monoisotopic (exact) mass is 254 g/mol. The van der Waals surface area contributed by atoms with E-state index < -0.39 is 0 Å². The van der Waals surface area contributed by atoms with E-state index in [9.17, 15) is 0 Å². The predicted molar refractivity (Wildman–Crippen MR) is 69.8 cm³/mol. The second-order valence-corrected chi connectivity index (χ2v) is 4.61. The van der Waals surface area contributed by atoms with Gasteiger partial charge in [0.15, 0.2) is 10.4 Å². The van der Waals surface area contributed by atoms with Gasteiger partial charge in [0.05, 0.1) is 18.3 Å². The Labute approximate surface area is 105 Å². The fourth-order valence-corrected chi connectivity index (χ4v) is 2.58. The number of hydrogen-bond donors (Lipinski definition) is 1. The highest BCUT2D eigenvalue weighted by molar-refractivity contribution is 7.71. The van der Waals surface area contributed by atoms with E-state index in [0.717, 1.165) is 28.0 Å². The molecule has 0 bridgehead atoms. The number of H-pyrrole nitrogens is 1. The Kier molecular flexibility index (Phi) is 3.35. The van der Waals surface area contributed by atoms with E-state index in [0.29, 0.717) is 6.61 Å². The molecule has 2 rings (SSSR count). The van der Waals surface area contributed by atoms with Crippen molar-refractivity contribution in [1.29, 1.82) is 0 Å². The summed E-state index contributed by atoms with van der Waals surface area (Å²) in [5, 5.41) is 4.41. The molecule has 1 N–H and O–H groups in total. The van der Waals surface area contributed by atoms with Crippen molar-refractivity contribution in [3.8, 4) is 0 Å². The van der Waals surface area contributed by atoms with E-state index in [1.807, 2.05) is 18.7 Å². The van der Waals surface area contributed by atoms with Crippen molar-refractivity contribution >= 4 is 23.4 Å². The Balaban J connectivity index is 2.66. The molecule has 2 aromatic rings. The number of ether oxygens (including phenoxy) is 1. The molecule has 0 aliphatic heterocycles. The first kappa shape index (κ1) is 12.3. The normalized spacial score (nSPS) is 13.4. The number of aryl methyl sites for hydroxylation is 2. The molecule has 2 heterocycles. The quantitative estimate of drug-likeness (QED) is 0.852. The van der Waals surface area contributed by atoms with Crippen molar-refractivity contribution in [3.05, 3.63) is 10.5 Å². The van der Waals surface area contributed by atoms with Crippen molar-refractivity contribution in [1.82, 2.24) is 19.3 Å². The third kappa shape index (κ3) is 1.91. The molecule has 0 radical (unpaired) electrons. The average molecular weight is 254 g/mol. The predicted octanol–water partition coefficient (Wildman–Crippen LogP) is 2.34. The summed E-state index contributed by atoms with van der Waals surface area (Å²) < 4.78 is 9.97. The minimum absolute atomic E-state index is 0.246. The van der Waals surface area contributed by atoms with Gasteiger partial charge in [-0.25, -0.2) is 0 Å². The molecule has 0 fully saturated rings. The van der Waals surface area contributed by atoms with Crippen LogP contribution in [0.2, 0.25) is 0 Å². The summed E-state index contributed by atoms with van der Waals surface area (Å²) in [4.78, 5) is 3.23. The molecule has 17 heavy (non-hydrogen) atoms. The Morgan fingerprint density at radius 1 is 1.53 bits per heavy atom. The molecule has 94 valence electrons. The summed E-state index contributed by atoms with van der Waals surface area (Å²) in [6, 6.07) is 0.246. The molecule has 6 heteroatoms. The molecule has 0 spiro atoms. The molecule has 5 nitrogen and oxygen atoms in total. The Morgan fingerprint density at radius 2 is 2.24 bits per heavy atom. The van der Waals surface area contributed by atoms with Crippen LogP contribution < -0.4 is 0 Å². The third-order valence-electron chi connectivity index (χ3n) is 3.07. The zero-order valence-electron chi connectivity index (χ0n) is 10.6. The van der Waals surface area contributed by atoms with Crippen molar-refractivity contribution in [2.75, 3.05) is 13.7 Å². The Morgan fingerprint density at radius 3 is 2.82 bits per heavy atom. The summed E-state index contributed by atoms with van der Waals surface area (Å²) in [5.41, 5.74) is 3.03. The van der Waals surface area contributed by atoms with Gasteiger partial charge in [0.2, 0.25) is 0 Å². The SMILES string of the molecule is CCC(COC)n1c(=S)[nH]c2c(C)nn(C)c21. The molecular weight excluding hydrogens is 236 g/mol. The first-order valence-electron chi connectivity index (χ1n) is 5.72. The minimum atomic E-state index is 0.246. The van der Waals surface area contributed by atoms with E-state index in [1.165, 1.54) is 0 Å². The van der Waals surface area contributed by atoms with Crippen LogP contribution in [0.25, 0.3) is 11.2 Å². The maximum absolute atomic E-state index is 5.39. The van der Waals surface area contributed by atoms with Crippen LogP contribution in [0.1, 0.15) is 25.1 Å². The first-order valence-corrected chi connectivity index (χ1v) is 6.13. The average Bonchev–Trinajstić information content (AvgIpc) is 2.75. The van der Waals surface area contributed by atoms with Crippen molar-refractivity contribution in [2.45, 2.75) is 26.3 Å². The second kappa shape index (κ2) is 4.62. The smallest absolute Gasteiger partial charge is 0.179 e. The van der Waals surface area contributed by atoms with E-state index in [1.54, 1.807) is 7.11 Å². The van der Waals surface area contributed by atoms with Gasteiger partial charge in [-0.2, -0.15) is 5.10 Å². The van der Waals surface area contributed by atoms with Gasteiger partial charge in [0, 0.05) is 14.2 Å². The summed E-state index contributed by atoms with van der Waals surface area (Å²) in [5.74, 6) is 0. The van der Waals surface area contributed by atoms with Crippen LogP contribution in [0, 0.1) is 11.7 Å². The number of rotatable bonds is 4. The van der Waals surface area contributed by atoms with Crippen LogP contribution >= 0.6 is 12.2 Å². The van der Waals surface area contributed by atoms with Gasteiger partial charge < -0.3 is 9.72 Å². The van der Waals surface area contributed by atoms with Crippen molar-refractivity contribution in [3.63, 3.8) is 0 Å². The maximum Gasteiger partial charge on any atom is 0.179 e. The van der Waals surface area contributed by atoms with Gasteiger partial charge in [-0.1, -0.05) is 6.92 Å². The van der Waals surface area contributed by atoms with E-state index in [-0.39, 0.29) is 6.04 Å².